The van der Waals surface area contributed by atoms with Crippen LogP contribution in [0.25, 0.3) is 16.6 Å². The number of rotatable bonds is 4. The molecule has 0 aliphatic heterocycles. The molecule has 4 aromatic rings. The van der Waals surface area contributed by atoms with E-state index in [2.05, 4.69) is 28.5 Å². The zero-order valence-electron chi connectivity index (χ0n) is 15.7. The Kier molecular flexibility index (Phi) is 5.00. The lowest BCUT2D eigenvalue weighted by atomic mass is 10.1. The summed E-state index contributed by atoms with van der Waals surface area (Å²) in [6, 6.07) is 15.6. The molecule has 0 saturated carbocycles. The maximum absolute atomic E-state index is 12.7. The van der Waals surface area contributed by atoms with Gasteiger partial charge >= 0.3 is 0 Å². The number of carbonyl (C=O) groups is 1. The van der Waals surface area contributed by atoms with Gasteiger partial charge in [0.05, 0.1) is 10.8 Å². The normalized spacial score (nSPS) is 12.4. The quantitative estimate of drug-likeness (QED) is 0.465. The number of aryl methyl sites for hydroxylation is 1. The van der Waals surface area contributed by atoms with Gasteiger partial charge in [0.2, 0.25) is 5.91 Å². The van der Waals surface area contributed by atoms with Gasteiger partial charge in [-0.3, -0.25) is 9.20 Å². The van der Waals surface area contributed by atoms with Gasteiger partial charge < -0.3 is 5.32 Å². The summed E-state index contributed by atoms with van der Waals surface area (Å²) in [4.78, 5) is 12.7. The van der Waals surface area contributed by atoms with Gasteiger partial charge in [-0.15, -0.1) is 10.2 Å². The number of amides is 1. The first-order valence-corrected chi connectivity index (χ1v) is 10.2. The Hall–Kier alpha value is -2.57. The van der Waals surface area contributed by atoms with Crippen molar-refractivity contribution in [2.75, 3.05) is 5.32 Å². The first-order chi connectivity index (χ1) is 13.5. The van der Waals surface area contributed by atoms with Gasteiger partial charge in [-0.1, -0.05) is 47.6 Å². The summed E-state index contributed by atoms with van der Waals surface area (Å²) in [5.41, 5.74) is 4.52. The fourth-order valence-electron chi connectivity index (χ4n) is 3.14. The van der Waals surface area contributed by atoms with Gasteiger partial charge in [0.1, 0.15) is 0 Å². The van der Waals surface area contributed by atoms with Gasteiger partial charge in [-0.05, 0) is 56.2 Å². The third-order valence-electron chi connectivity index (χ3n) is 4.75. The molecular weight excluding hydrogens is 392 g/mol. The highest BCUT2D eigenvalue weighted by Crippen LogP contribution is 2.29. The Balaban J connectivity index is 1.64. The second kappa shape index (κ2) is 7.45. The molecule has 0 aliphatic carbocycles. The molecule has 7 heteroatoms. The van der Waals surface area contributed by atoms with Crippen LogP contribution in [-0.4, -0.2) is 25.8 Å². The molecule has 4 rings (SSSR count). The highest BCUT2D eigenvalue weighted by Gasteiger charge is 2.20. The minimum Gasteiger partial charge on any atom is -0.325 e. The van der Waals surface area contributed by atoms with Crippen molar-refractivity contribution in [2.45, 2.75) is 31.2 Å². The van der Waals surface area contributed by atoms with E-state index in [-0.39, 0.29) is 11.2 Å². The average Bonchev–Trinajstić information content (AvgIpc) is 3.08. The number of carbonyl (C=O) groups excluding carboxylic acids is 1. The van der Waals surface area contributed by atoms with E-state index in [1.54, 1.807) is 6.07 Å². The minimum atomic E-state index is -0.356. The summed E-state index contributed by atoms with van der Waals surface area (Å²) in [7, 11) is 0. The van der Waals surface area contributed by atoms with Gasteiger partial charge in [0, 0.05) is 16.1 Å². The monoisotopic (exact) mass is 410 g/mol. The van der Waals surface area contributed by atoms with Crippen LogP contribution < -0.4 is 5.32 Å². The third-order valence-corrected chi connectivity index (χ3v) is 6.20. The van der Waals surface area contributed by atoms with Gasteiger partial charge in [-0.2, -0.15) is 0 Å². The molecule has 0 saturated heterocycles. The first kappa shape index (κ1) is 18.8. The Morgan fingerprint density at radius 1 is 1.14 bits per heavy atom. The molecule has 0 fully saturated rings. The van der Waals surface area contributed by atoms with Crippen molar-refractivity contribution < 1.29 is 4.79 Å². The number of para-hydroxylation sites is 1. The van der Waals surface area contributed by atoms with Crippen LogP contribution in [0.15, 0.2) is 53.7 Å². The first-order valence-electron chi connectivity index (χ1n) is 8.92. The fourth-order valence-corrected chi connectivity index (χ4v) is 4.18. The number of hydrogen-bond donors (Lipinski definition) is 1. The van der Waals surface area contributed by atoms with Crippen LogP contribution in [0.4, 0.5) is 5.69 Å². The second-order valence-electron chi connectivity index (χ2n) is 6.68. The highest BCUT2D eigenvalue weighted by atomic mass is 35.5. The summed E-state index contributed by atoms with van der Waals surface area (Å²) < 4.78 is 2.00. The van der Waals surface area contributed by atoms with Crippen molar-refractivity contribution in [3.05, 3.63) is 64.7 Å². The number of nitrogens with zero attached hydrogens (tertiary/aromatic N) is 3. The zero-order chi connectivity index (χ0) is 19.8. The number of anilines is 1. The number of thioether (sulfide) groups is 1. The molecule has 142 valence electrons. The average molecular weight is 411 g/mol. The number of fused-ring (bicyclic) bond motifs is 3. The number of halogens is 1. The molecule has 2 aromatic heterocycles. The molecule has 1 atom stereocenters. The molecule has 1 amide bonds. The van der Waals surface area contributed by atoms with Crippen LogP contribution >= 0.6 is 23.4 Å². The van der Waals surface area contributed by atoms with Gasteiger partial charge in [-0.25, -0.2) is 0 Å². The largest absolute Gasteiger partial charge is 0.325 e. The summed E-state index contributed by atoms with van der Waals surface area (Å²) in [5, 5.41) is 13.7. The number of pyridine rings is 1. The van der Waals surface area contributed by atoms with Crippen LogP contribution in [0.2, 0.25) is 5.02 Å². The van der Waals surface area contributed by atoms with E-state index < -0.39 is 0 Å². The molecule has 0 bridgehead atoms. The predicted octanol–water partition coefficient (Wildman–Crippen LogP) is 5.27. The zero-order valence-corrected chi connectivity index (χ0v) is 17.3. The molecule has 0 spiro atoms. The molecule has 1 N–H and O–H groups in total. The number of hydrogen-bond acceptors (Lipinski definition) is 4. The second-order valence-corrected chi connectivity index (χ2v) is 8.40. The van der Waals surface area contributed by atoms with Crippen LogP contribution in [0, 0.1) is 13.8 Å². The van der Waals surface area contributed by atoms with E-state index in [0.717, 1.165) is 33.4 Å². The molecule has 0 unspecified atom stereocenters. The van der Waals surface area contributed by atoms with Crippen LogP contribution in [-0.2, 0) is 4.79 Å². The van der Waals surface area contributed by atoms with Crippen molar-refractivity contribution >= 4 is 51.5 Å². The van der Waals surface area contributed by atoms with E-state index in [1.807, 2.05) is 54.6 Å². The van der Waals surface area contributed by atoms with E-state index in [1.165, 1.54) is 11.8 Å². The molecule has 0 aliphatic rings. The van der Waals surface area contributed by atoms with Crippen molar-refractivity contribution in [3.63, 3.8) is 0 Å². The van der Waals surface area contributed by atoms with E-state index in [9.17, 15) is 4.79 Å². The lowest BCUT2D eigenvalue weighted by Crippen LogP contribution is -2.23. The Morgan fingerprint density at radius 2 is 1.93 bits per heavy atom. The lowest BCUT2D eigenvalue weighted by Gasteiger charge is -2.14. The summed E-state index contributed by atoms with van der Waals surface area (Å²) in [5.74, 6) is -0.108. The third kappa shape index (κ3) is 3.34. The van der Waals surface area contributed by atoms with Crippen molar-refractivity contribution in [1.82, 2.24) is 14.6 Å². The SMILES string of the molecule is Cc1c(Cl)cccc1NC(=O)[C@H](C)Sc1nnc2cc(C)c3ccccc3n12. The van der Waals surface area contributed by atoms with Gasteiger partial charge in [0.15, 0.2) is 10.8 Å². The van der Waals surface area contributed by atoms with Crippen LogP contribution in [0.1, 0.15) is 18.1 Å². The molecule has 2 aromatic carbocycles. The van der Waals surface area contributed by atoms with E-state index >= 15 is 0 Å². The molecule has 28 heavy (non-hydrogen) atoms. The van der Waals surface area contributed by atoms with Crippen LogP contribution in [0.5, 0.6) is 0 Å². The fraction of sp³-hybridized carbons (Fsp3) is 0.190. The smallest absolute Gasteiger partial charge is 0.237 e. The maximum Gasteiger partial charge on any atom is 0.237 e. The van der Waals surface area contributed by atoms with Gasteiger partial charge in [0.25, 0.3) is 0 Å². The Labute approximate surface area is 172 Å². The standard InChI is InChI=1S/C21H19ClN4OS/c1-12-11-19-24-25-21(26(19)18-10-5-4-7-15(12)18)28-14(3)20(27)23-17-9-6-8-16(22)13(17)2/h4-11,14H,1-3H3,(H,23,27)/t14-/m0/s1. The number of benzene rings is 2. The summed E-state index contributed by atoms with van der Waals surface area (Å²) in [6.45, 7) is 5.81. The number of aromatic nitrogens is 3. The van der Waals surface area contributed by atoms with Crippen LogP contribution in [0.3, 0.4) is 0 Å². The highest BCUT2D eigenvalue weighted by molar-refractivity contribution is 8.00. The summed E-state index contributed by atoms with van der Waals surface area (Å²) in [6.07, 6.45) is 0. The molecule has 5 nitrogen and oxygen atoms in total. The lowest BCUT2D eigenvalue weighted by molar-refractivity contribution is -0.115. The number of nitrogens with one attached hydrogen (secondary N) is 1. The topological polar surface area (TPSA) is 59.3 Å². The van der Waals surface area contributed by atoms with Crippen molar-refractivity contribution in [3.8, 4) is 0 Å². The Bertz CT molecular complexity index is 1200. The van der Waals surface area contributed by atoms with E-state index in [4.69, 9.17) is 11.6 Å². The van der Waals surface area contributed by atoms with Crippen molar-refractivity contribution in [2.24, 2.45) is 0 Å². The van der Waals surface area contributed by atoms with E-state index in [0.29, 0.717) is 10.2 Å². The Morgan fingerprint density at radius 3 is 2.75 bits per heavy atom. The maximum atomic E-state index is 12.7. The van der Waals surface area contributed by atoms with Crippen molar-refractivity contribution in [1.29, 1.82) is 0 Å². The minimum absolute atomic E-state index is 0.108. The molecule has 2 heterocycles. The molecular formula is C21H19ClN4OS. The molecule has 0 radical (unpaired) electrons. The predicted molar refractivity (Wildman–Crippen MR) is 115 cm³/mol. The summed E-state index contributed by atoms with van der Waals surface area (Å²) >= 11 is 7.53.